The third kappa shape index (κ3) is 2.51. The molecule has 0 saturated carbocycles. The number of pyridine rings is 1. The second-order valence-electron chi connectivity index (χ2n) is 4.96. The fourth-order valence-corrected chi connectivity index (χ4v) is 2.60. The van der Waals surface area contributed by atoms with Crippen LogP contribution in [0.15, 0.2) is 48.8 Å². The first kappa shape index (κ1) is 13.3. The summed E-state index contributed by atoms with van der Waals surface area (Å²) in [6.45, 7) is 1.45. The van der Waals surface area contributed by atoms with E-state index in [4.69, 9.17) is 0 Å². The lowest BCUT2D eigenvalue weighted by Gasteiger charge is -2.06. The number of hydrogen-bond acceptors (Lipinski definition) is 3. The largest absolute Gasteiger partial charge is 0.328 e. The number of rotatable bonds is 4. The van der Waals surface area contributed by atoms with Crippen LogP contribution >= 0.6 is 0 Å². The van der Waals surface area contributed by atoms with Gasteiger partial charge in [-0.2, -0.15) is 5.26 Å². The van der Waals surface area contributed by atoms with Gasteiger partial charge in [-0.05, 0) is 36.4 Å². The summed E-state index contributed by atoms with van der Waals surface area (Å²) in [5.74, 6) is 0. The van der Waals surface area contributed by atoms with Gasteiger partial charge in [-0.1, -0.05) is 18.2 Å². The zero-order chi connectivity index (χ0) is 14.7. The van der Waals surface area contributed by atoms with E-state index < -0.39 is 0 Å². The van der Waals surface area contributed by atoms with Crippen molar-refractivity contribution in [3.8, 4) is 6.07 Å². The molecule has 0 bridgehead atoms. The van der Waals surface area contributed by atoms with Crippen molar-refractivity contribution in [3.63, 3.8) is 0 Å². The van der Waals surface area contributed by atoms with Crippen LogP contribution in [0.25, 0.3) is 11.0 Å². The molecule has 1 N–H and O–H groups in total. The minimum Gasteiger partial charge on any atom is -0.328 e. The molecule has 0 aliphatic heterocycles. The summed E-state index contributed by atoms with van der Waals surface area (Å²) in [6.07, 6.45) is 3.92. The van der Waals surface area contributed by atoms with Crippen LogP contribution in [0.4, 0.5) is 0 Å². The molecule has 1 aromatic carbocycles. The topological polar surface area (TPSA) is 53.6 Å². The van der Waals surface area contributed by atoms with E-state index >= 15 is 0 Å². The van der Waals surface area contributed by atoms with E-state index in [-0.39, 0.29) is 0 Å². The van der Waals surface area contributed by atoms with Gasteiger partial charge in [0.2, 0.25) is 0 Å². The first-order valence-corrected chi connectivity index (χ1v) is 6.89. The monoisotopic (exact) mass is 276 g/mol. The van der Waals surface area contributed by atoms with E-state index in [9.17, 15) is 5.26 Å². The van der Waals surface area contributed by atoms with Gasteiger partial charge in [0.1, 0.15) is 5.65 Å². The highest BCUT2D eigenvalue weighted by Gasteiger charge is 2.10. The smallest absolute Gasteiger partial charge is 0.140 e. The summed E-state index contributed by atoms with van der Waals surface area (Å²) in [7, 11) is 1.94. The van der Waals surface area contributed by atoms with Gasteiger partial charge in [0, 0.05) is 24.3 Å². The van der Waals surface area contributed by atoms with Crippen LogP contribution < -0.4 is 5.32 Å². The maximum absolute atomic E-state index is 9.21. The Hall–Kier alpha value is -2.64. The number of aromatic nitrogens is 2. The zero-order valence-corrected chi connectivity index (χ0v) is 11.9. The predicted octanol–water partition coefficient (Wildman–Crippen LogP) is 2.68. The molecular weight excluding hydrogens is 260 g/mol. The Balaban J connectivity index is 2.07. The molecule has 2 heterocycles. The van der Waals surface area contributed by atoms with Crippen LogP contribution in [0, 0.1) is 11.3 Å². The molecule has 0 saturated heterocycles. The zero-order valence-electron chi connectivity index (χ0n) is 11.9. The van der Waals surface area contributed by atoms with E-state index in [0.29, 0.717) is 12.1 Å². The van der Waals surface area contributed by atoms with E-state index in [1.54, 1.807) is 6.20 Å². The Morgan fingerprint density at radius 2 is 2.05 bits per heavy atom. The summed E-state index contributed by atoms with van der Waals surface area (Å²) in [4.78, 5) is 4.49. The molecule has 0 amide bonds. The van der Waals surface area contributed by atoms with Crippen molar-refractivity contribution in [2.45, 2.75) is 13.1 Å². The molecule has 0 aliphatic carbocycles. The molecule has 0 aliphatic rings. The van der Waals surface area contributed by atoms with Crippen molar-refractivity contribution in [1.29, 1.82) is 5.26 Å². The molecule has 104 valence electrons. The molecule has 4 nitrogen and oxygen atoms in total. The molecule has 3 aromatic rings. The van der Waals surface area contributed by atoms with Gasteiger partial charge < -0.3 is 9.88 Å². The quantitative estimate of drug-likeness (QED) is 0.797. The predicted molar refractivity (Wildman–Crippen MR) is 82.8 cm³/mol. The molecule has 0 radical (unpaired) electrons. The van der Waals surface area contributed by atoms with Crippen LogP contribution in [-0.4, -0.2) is 16.6 Å². The third-order valence-electron chi connectivity index (χ3n) is 3.56. The molecule has 0 unspecified atom stereocenters. The Morgan fingerprint density at radius 3 is 2.86 bits per heavy atom. The summed E-state index contributed by atoms with van der Waals surface area (Å²) >= 11 is 0. The van der Waals surface area contributed by atoms with E-state index in [2.05, 4.69) is 33.2 Å². The van der Waals surface area contributed by atoms with Gasteiger partial charge in [0.05, 0.1) is 18.2 Å². The van der Waals surface area contributed by atoms with Crippen molar-refractivity contribution >= 4 is 11.0 Å². The second kappa shape index (κ2) is 5.78. The minimum atomic E-state index is 0.654. The fraction of sp³-hybridized carbons (Fsp3) is 0.176. The molecule has 3 rings (SSSR count). The molecular formula is C17H16N4. The molecule has 21 heavy (non-hydrogen) atoms. The minimum absolute atomic E-state index is 0.654. The average molecular weight is 276 g/mol. The van der Waals surface area contributed by atoms with Crippen molar-refractivity contribution < 1.29 is 0 Å². The second-order valence-corrected chi connectivity index (χ2v) is 4.96. The van der Waals surface area contributed by atoms with Gasteiger partial charge in [0.15, 0.2) is 0 Å². The van der Waals surface area contributed by atoms with Gasteiger partial charge in [0.25, 0.3) is 0 Å². The van der Waals surface area contributed by atoms with Crippen molar-refractivity contribution in [2.24, 2.45) is 0 Å². The highest BCUT2D eigenvalue weighted by atomic mass is 15.0. The van der Waals surface area contributed by atoms with Gasteiger partial charge in [-0.25, -0.2) is 4.98 Å². The van der Waals surface area contributed by atoms with Gasteiger partial charge >= 0.3 is 0 Å². The molecule has 4 heteroatoms. The van der Waals surface area contributed by atoms with Crippen LogP contribution in [0.2, 0.25) is 0 Å². The maximum atomic E-state index is 9.21. The Labute approximate surface area is 123 Å². The fourth-order valence-electron chi connectivity index (χ4n) is 2.60. The van der Waals surface area contributed by atoms with Crippen molar-refractivity contribution in [1.82, 2.24) is 14.9 Å². The Morgan fingerprint density at radius 1 is 1.19 bits per heavy atom. The number of nitrogens with zero attached hydrogens (tertiary/aromatic N) is 3. The van der Waals surface area contributed by atoms with Crippen LogP contribution in [-0.2, 0) is 13.1 Å². The normalized spacial score (nSPS) is 10.7. The van der Waals surface area contributed by atoms with Crippen LogP contribution in [0.3, 0.4) is 0 Å². The highest BCUT2D eigenvalue weighted by molar-refractivity contribution is 5.80. The summed E-state index contributed by atoms with van der Waals surface area (Å²) < 4.78 is 2.11. The van der Waals surface area contributed by atoms with Crippen LogP contribution in [0.1, 0.15) is 16.7 Å². The number of nitrogens with one attached hydrogen (secondary N) is 1. The number of benzene rings is 1. The van der Waals surface area contributed by atoms with Gasteiger partial charge in [-0.15, -0.1) is 0 Å². The van der Waals surface area contributed by atoms with Crippen LogP contribution in [0.5, 0.6) is 0 Å². The molecule has 0 spiro atoms. The molecule has 0 fully saturated rings. The van der Waals surface area contributed by atoms with E-state index in [0.717, 1.165) is 23.1 Å². The first-order valence-electron chi connectivity index (χ1n) is 6.89. The van der Waals surface area contributed by atoms with E-state index in [1.165, 1.54) is 5.56 Å². The lowest BCUT2D eigenvalue weighted by Crippen LogP contribution is -2.04. The summed E-state index contributed by atoms with van der Waals surface area (Å²) in [6, 6.07) is 14.0. The standard InChI is InChI=1S/C17H16N4/c1-19-10-15-12-21(17-16(15)7-4-8-20-17)11-14-6-3-2-5-13(14)9-18/h2-8,12,19H,10-11H2,1H3. The number of fused-ring (bicyclic) bond motifs is 1. The van der Waals surface area contributed by atoms with E-state index in [1.807, 2.05) is 37.4 Å². The highest BCUT2D eigenvalue weighted by Crippen LogP contribution is 2.21. The Bertz CT molecular complexity index is 811. The Kier molecular flexibility index (Phi) is 3.67. The molecule has 2 aromatic heterocycles. The van der Waals surface area contributed by atoms with Crippen molar-refractivity contribution in [3.05, 3.63) is 65.5 Å². The van der Waals surface area contributed by atoms with Crippen molar-refractivity contribution in [2.75, 3.05) is 7.05 Å². The number of hydrogen-bond donors (Lipinski definition) is 1. The van der Waals surface area contributed by atoms with Gasteiger partial charge in [-0.3, -0.25) is 0 Å². The third-order valence-corrected chi connectivity index (χ3v) is 3.56. The number of nitriles is 1. The summed E-state index contributed by atoms with van der Waals surface area (Å²) in [5.41, 5.74) is 3.90. The average Bonchev–Trinajstić information content (AvgIpc) is 2.87. The SMILES string of the molecule is CNCc1cn(Cc2ccccc2C#N)c2ncccc12. The lowest BCUT2D eigenvalue weighted by molar-refractivity contribution is 0.790. The molecule has 0 atom stereocenters. The lowest BCUT2D eigenvalue weighted by atomic mass is 10.1. The summed E-state index contributed by atoms with van der Waals surface area (Å²) in [5, 5.41) is 13.6. The maximum Gasteiger partial charge on any atom is 0.140 e. The first-order chi connectivity index (χ1) is 10.3.